The zero-order chi connectivity index (χ0) is 15.3. The molecule has 3 N–H and O–H groups in total. The van der Waals surface area contributed by atoms with Crippen molar-refractivity contribution >= 4 is 21.4 Å². The molecule has 0 aliphatic carbocycles. The van der Waals surface area contributed by atoms with E-state index in [9.17, 15) is 8.42 Å². The van der Waals surface area contributed by atoms with Crippen molar-refractivity contribution in [1.82, 2.24) is 9.62 Å². The van der Waals surface area contributed by atoms with E-state index < -0.39 is 10.0 Å². The molecule has 0 aliphatic rings. The maximum absolute atomic E-state index is 12.0. The summed E-state index contributed by atoms with van der Waals surface area (Å²) >= 11 is 0. The van der Waals surface area contributed by atoms with Gasteiger partial charge in [-0.2, -0.15) is 0 Å². The van der Waals surface area contributed by atoms with Gasteiger partial charge in [0.25, 0.3) is 0 Å². The number of hydrogen-bond acceptors (Lipinski definition) is 5. The number of hydrogen-bond donors (Lipinski definition) is 2. The average molecular weight is 300 g/mol. The van der Waals surface area contributed by atoms with Gasteiger partial charge < -0.3 is 16.0 Å². The normalized spacial score (nSPS) is 11.8. The van der Waals surface area contributed by atoms with Crippen LogP contribution in [0.3, 0.4) is 0 Å². The molecule has 0 fully saturated rings. The lowest BCUT2D eigenvalue weighted by Crippen LogP contribution is -2.24. The smallest absolute Gasteiger partial charge is 0.242 e. The maximum Gasteiger partial charge on any atom is 0.242 e. The summed E-state index contributed by atoms with van der Waals surface area (Å²) in [5, 5.41) is 3.09. The predicted octanol–water partition coefficient (Wildman–Crippen LogP) is 0.565. The van der Waals surface area contributed by atoms with Crippen molar-refractivity contribution in [3.63, 3.8) is 0 Å². The van der Waals surface area contributed by atoms with Crippen molar-refractivity contribution in [1.29, 1.82) is 0 Å². The largest absolute Gasteiger partial charge is 0.397 e. The van der Waals surface area contributed by atoms with Crippen LogP contribution in [0, 0.1) is 0 Å². The first-order chi connectivity index (χ1) is 9.30. The van der Waals surface area contributed by atoms with E-state index in [1.807, 2.05) is 19.0 Å². The first kappa shape index (κ1) is 16.7. The van der Waals surface area contributed by atoms with Crippen molar-refractivity contribution in [3.05, 3.63) is 18.2 Å². The fraction of sp³-hybridized carbons (Fsp3) is 0.538. The van der Waals surface area contributed by atoms with Crippen LogP contribution >= 0.6 is 0 Å². The number of sulfonamides is 1. The molecule has 1 aromatic rings. The van der Waals surface area contributed by atoms with Crippen LogP contribution in [0.5, 0.6) is 0 Å². The van der Waals surface area contributed by atoms with Crippen LogP contribution in [0.15, 0.2) is 23.1 Å². The molecule has 0 saturated heterocycles. The van der Waals surface area contributed by atoms with E-state index in [4.69, 9.17) is 5.73 Å². The van der Waals surface area contributed by atoms with Gasteiger partial charge in [-0.05, 0) is 38.2 Å². The van der Waals surface area contributed by atoms with Crippen LogP contribution in [0.25, 0.3) is 0 Å². The number of rotatable bonds is 7. The highest BCUT2D eigenvalue weighted by Gasteiger charge is 2.18. The molecule has 0 aromatic heterocycles. The van der Waals surface area contributed by atoms with Gasteiger partial charge in [0.15, 0.2) is 0 Å². The topological polar surface area (TPSA) is 78.7 Å². The lowest BCUT2D eigenvalue weighted by molar-refractivity contribution is 0.521. The second-order valence-electron chi connectivity index (χ2n) is 4.89. The maximum atomic E-state index is 12.0. The van der Waals surface area contributed by atoms with E-state index in [1.54, 1.807) is 12.1 Å². The van der Waals surface area contributed by atoms with E-state index >= 15 is 0 Å². The van der Waals surface area contributed by atoms with Gasteiger partial charge in [0.1, 0.15) is 0 Å². The van der Waals surface area contributed by atoms with E-state index in [-0.39, 0.29) is 4.90 Å². The van der Waals surface area contributed by atoms with Gasteiger partial charge >= 0.3 is 0 Å². The molecular formula is C13H24N4O2S. The van der Waals surface area contributed by atoms with Gasteiger partial charge in [-0.25, -0.2) is 12.7 Å². The number of nitrogen functional groups attached to an aromatic ring is 1. The molecule has 20 heavy (non-hydrogen) atoms. The first-order valence-electron chi connectivity index (χ1n) is 6.48. The Morgan fingerprint density at radius 2 is 1.90 bits per heavy atom. The van der Waals surface area contributed by atoms with Gasteiger partial charge in [0, 0.05) is 27.7 Å². The summed E-state index contributed by atoms with van der Waals surface area (Å²) in [7, 11) is 3.43. The fourth-order valence-corrected chi connectivity index (χ4v) is 2.80. The molecule has 6 nitrogen and oxygen atoms in total. The zero-order valence-electron chi connectivity index (χ0n) is 12.5. The van der Waals surface area contributed by atoms with Gasteiger partial charge in [-0.1, -0.05) is 0 Å². The van der Waals surface area contributed by atoms with Crippen molar-refractivity contribution in [2.24, 2.45) is 0 Å². The first-order valence-corrected chi connectivity index (χ1v) is 7.92. The molecule has 0 atom stereocenters. The third-order valence-corrected chi connectivity index (χ3v) is 4.92. The minimum Gasteiger partial charge on any atom is -0.397 e. The molecule has 0 amide bonds. The summed E-state index contributed by atoms with van der Waals surface area (Å²) < 4.78 is 25.2. The summed E-state index contributed by atoms with van der Waals surface area (Å²) in [6.07, 6.45) is 0.990. The predicted molar refractivity (Wildman–Crippen MR) is 83.5 cm³/mol. The number of nitrogens with one attached hydrogen (secondary N) is 1. The molecule has 0 saturated carbocycles. The van der Waals surface area contributed by atoms with Crippen molar-refractivity contribution in [2.45, 2.75) is 11.3 Å². The number of nitrogens with zero attached hydrogens (tertiary/aromatic N) is 2. The number of benzene rings is 1. The quantitative estimate of drug-likeness (QED) is 0.568. The minimum absolute atomic E-state index is 0.215. The molecule has 0 unspecified atom stereocenters. The Hall–Kier alpha value is -1.31. The summed E-state index contributed by atoms with van der Waals surface area (Å²) in [6.45, 7) is 1.78. The Bertz CT molecular complexity index is 543. The highest BCUT2D eigenvalue weighted by molar-refractivity contribution is 7.89. The van der Waals surface area contributed by atoms with Crippen LogP contribution in [0.2, 0.25) is 0 Å². The van der Waals surface area contributed by atoms with Crippen LogP contribution in [-0.4, -0.2) is 54.0 Å². The third kappa shape index (κ3) is 3.84. The minimum atomic E-state index is -3.44. The van der Waals surface area contributed by atoms with E-state index in [0.717, 1.165) is 25.2 Å². The molecule has 114 valence electrons. The fourth-order valence-electron chi connectivity index (χ4n) is 1.86. The third-order valence-electron chi connectivity index (χ3n) is 3.11. The Labute approximate surface area is 121 Å². The molecule has 7 heteroatoms. The Morgan fingerprint density at radius 1 is 1.25 bits per heavy atom. The SMILES string of the molecule is CNCCCN(C)c1ccc(S(=O)(=O)N(C)C)cc1N. The van der Waals surface area contributed by atoms with Crippen molar-refractivity contribution in [2.75, 3.05) is 51.9 Å². The van der Waals surface area contributed by atoms with Gasteiger partial charge in [0.2, 0.25) is 10.0 Å². The second-order valence-corrected chi connectivity index (χ2v) is 7.04. The highest BCUT2D eigenvalue weighted by atomic mass is 32.2. The molecule has 0 radical (unpaired) electrons. The molecule has 0 heterocycles. The van der Waals surface area contributed by atoms with Crippen molar-refractivity contribution < 1.29 is 8.42 Å². The molecule has 1 rings (SSSR count). The Morgan fingerprint density at radius 3 is 2.40 bits per heavy atom. The Balaban J connectivity index is 2.94. The van der Waals surface area contributed by atoms with Gasteiger partial charge in [-0.15, -0.1) is 0 Å². The summed E-state index contributed by atoms with van der Waals surface area (Å²) in [6, 6.07) is 4.86. The number of anilines is 2. The van der Waals surface area contributed by atoms with Gasteiger partial charge in [0.05, 0.1) is 16.3 Å². The second kappa shape index (κ2) is 6.92. The molecule has 0 bridgehead atoms. The van der Waals surface area contributed by atoms with Gasteiger partial charge in [-0.3, -0.25) is 0 Å². The average Bonchev–Trinajstić information content (AvgIpc) is 2.38. The summed E-state index contributed by atoms with van der Waals surface area (Å²) in [5.41, 5.74) is 7.30. The Kier molecular flexibility index (Phi) is 5.79. The highest BCUT2D eigenvalue weighted by Crippen LogP contribution is 2.26. The lowest BCUT2D eigenvalue weighted by atomic mass is 10.2. The zero-order valence-corrected chi connectivity index (χ0v) is 13.4. The molecule has 0 spiro atoms. The van der Waals surface area contributed by atoms with E-state index in [0.29, 0.717) is 5.69 Å². The van der Waals surface area contributed by atoms with Crippen LogP contribution in [0.4, 0.5) is 11.4 Å². The van der Waals surface area contributed by atoms with Crippen LogP contribution in [0.1, 0.15) is 6.42 Å². The molecular weight excluding hydrogens is 276 g/mol. The number of nitrogens with two attached hydrogens (primary N) is 1. The van der Waals surface area contributed by atoms with Crippen LogP contribution in [-0.2, 0) is 10.0 Å². The molecule has 1 aromatic carbocycles. The van der Waals surface area contributed by atoms with E-state index in [1.165, 1.54) is 24.5 Å². The van der Waals surface area contributed by atoms with Crippen LogP contribution < -0.4 is 16.0 Å². The lowest BCUT2D eigenvalue weighted by Gasteiger charge is -2.22. The van der Waals surface area contributed by atoms with E-state index in [2.05, 4.69) is 5.32 Å². The van der Waals surface area contributed by atoms with Crippen molar-refractivity contribution in [3.8, 4) is 0 Å². The summed E-state index contributed by atoms with van der Waals surface area (Å²) in [5.74, 6) is 0. The summed E-state index contributed by atoms with van der Waals surface area (Å²) in [4.78, 5) is 2.24. The standard InChI is InChI=1S/C13H24N4O2S/c1-15-8-5-9-17(4)13-7-6-11(10-12(13)14)20(18,19)16(2)3/h6-7,10,15H,5,8-9,14H2,1-4H3. The molecule has 0 aliphatic heterocycles. The monoisotopic (exact) mass is 300 g/mol.